The molecule has 3 rings (SSSR count). The van der Waals surface area contributed by atoms with Crippen molar-refractivity contribution in [3.8, 4) is 0 Å². The third-order valence-electron chi connectivity index (χ3n) is 4.18. The van der Waals surface area contributed by atoms with Crippen LogP contribution < -0.4 is 10.5 Å². The van der Waals surface area contributed by atoms with Crippen molar-refractivity contribution < 1.29 is 13.2 Å². The van der Waals surface area contributed by atoms with Crippen LogP contribution in [0.4, 0.5) is 5.69 Å². The van der Waals surface area contributed by atoms with Crippen molar-refractivity contribution in [1.82, 2.24) is 9.78 Å². The molecule has 1 fully saturated rings. The highest BCUT2D eigenvalue weighted by Crippen LogP contribution is 2.41. The zero-order valence-electron chi connectivity index (χ0n) is 15.2. The van der Waals surface area contributed by atoms with E-state index >= 15 is 0 Å². The van der Waals surface area contributed by atoms with Gasteiger partial charge >= 0.3 is 0 Å². The summed E-state index contributed by atoms with van der Waals surface area (Å²) in [4.78, 5) is 12.6. The lowest BCUT2D eigenvalue weighted by Crippen LogP contribution is -2.25. The molecule has 2 aromatic rings. The Kier molecular flexibility index (Phi) is 4.66. The molecule has 0 aliphatic heterocycles. The molecule has 7 nitrogen and oxygen atoms in total. The maximum atomic E-state index is 12.6. The summed E-state index contributed by atoms with van der Waals surface area (Å²) in [5.74, 6) is -0.0306. The van der Waals surface area contributed by atoms with E-state index in [1.165, 1.54) is 0 Å². The van der Waals surface area contributed by atoms with E-state index in [0.717, 1.165) is 18.5 Å². The van der Waals surface area contributed by atoms with Crippen molar-refractivity contribution in [3.63, 3.8) is 0 Å². The number of carbonyl (C=O) groups is 1. The van der Waals surface area contributed by atoms with Gasteiger partial charge < -0.3 is 5.32 Å². The second-order valence-corrected chi connectivity index (χ2v) is 9.38. The molecule has 1 saturated carbocycles. The smallest absolute Gasteiger partial charge is 0.276 e. The lowest BCUT2D eigenvalue weighted by molar-refractivity contribution is 0.102. The third kappa shape index (κ3) is 4.50. The fourth-order valence-corrected chi connectivity index (χ4v) is 3.48. The number of rotatable bonds is 5. The molecule has 1 aliphatic carbocycles. The van der Waals surface area contributed by atoms with E-state index in [0.29, 0.717) is 22.9 Å². The van der Waals surface area contributed by atoms with Gasteiger partial charge in [0.2, 0.25) is 10.0 Å². The summed E-state index contributed by atoms with van der Waals surface area (Å²) in [5, 5.41) is 12.4. The summed E-state index contributed by atoms with van der Waals surface area (Å²) in [6.07, 6.45) is 2.27. The molecule has 0 atom stereocenters. The summed E-state index contributed by atoms with van der Waals surface area (Å²) >= 11 is 0. The average molecular weight is 376 g/mol. The molecule has 1 aliphatic rings. The van der Waals surface area contributed by atoms with Gasteiger partial charge in [-0.1, -0.05) is 12.1 Å². The van der Waals surface area contributed by atoms with Crippen LogP contribution in [0, 0.1) is 0 Å². The van der Waals surface area contributed by atoms with Crippen molar-refractivity contribution in [3.05, 3.63) is 47.3 Å². The van der Waals surface area contributed by atoms with E-state index in [4.69, 9.17) is 5.14 Å². The zero-order valence-corrected chi connectivity index (χ0v) is 16.0. The number of aromatic nitrogens is 2. The van der Waals surface area contributed by atoms with Crippen molar-refractivity contribution >= 4 is 21.6 Å². The predicted octanol–water partition coefficient (Wildman–Crippen LogP) is 2.56. The second kappa shape index (κ2) is 6.51. The van der Waals surface area contributed by atoms with Crippen molar-refractivity contribution in [2.45, 2.75) is 50.8 Å². The number of anilines is 1. The minimum absolute atomic E-state index is 0.189. The standard InChI is InChI=1S/C18H24N4O3S/c1-18(2,3)22-16(13-6-7-13)10-15(21-22)17(23)20-14-8-4-12(5-9-14)11-26(19,24)25/h4-5,8-10,13H,6-7,11H2,1-3H3,(H,20,23)(H2,19,24,25). The van der Waals surface area contributed by atoms with Crippen molar-refractivity contribution in [1.29, 1.82) is 0 Å². The number of hydrogen-bond acceptors (Lipinski definition) is 4. The summed E-state index contributed by atoms with van der Waals surface area (Å²) in [6.45, 7) is 6.20. The monoisotopic (exact) mass is 376 g/mol. The van der Waals surface area contributed by atoms with Crippen LogP contribution in [0.15, 0.2) is 30.3 Å². The third-order valence-corrected chi connectivity index (χ3v) is 4.92. The topological polar surface area (TPSA) is 107 Å². The molecule has 1 heterocycles. The van der Waals surface area contributed by atoms with E-state index < -0.39 is 10.0 Å². The number of nitrogens with two attached hydrogens (primary N) is 1. The molecule has 26 heavy (non-hydrogen) atoms. The molecule has 0 radical (unpaired) electrons. The molecule has 8 heteroatoms. The Morgan fingerprint density at radius 2 is 1.88 bits per heavy atom. The number of sulfonamides is 1. The Balaban J connectivity index is 1.76. The van der Waals surface area contributed by atoms with Gasteiger partial charge in [0.1, 0.15) is 0 Å². The number of carbonyl (C=O) groups excluding carboxylic acids is 1. The van der Waals surface area contributed by atoms with Crippen LogP contribution in [-0.2, 0) is 21.3 Å². The Hall–Kier alpha value is -2.19. The summed E-state index contributed by atoms with van der Waals surface area (Å²) < 4.78 is 24.2. The lowest BCUT2D eigenvalue weighted by atomic mass is 10.1. The summed E-state index contributed by atoms with van der Waals surface area (Å²) in [5.41, 5.74) is 2.44. The van der Waals surface area contributed by atoms with Crippen molar-refractivity contribution in [2.24, 2.45) is 5.14 Å². The zero-order chi connectivity index (χ0) is 19.1. The SMILES string of the molecule is CC(C)(C)n1nc(C(=O)Nc2ccc(CS(N)(=O)=O)cc2)cc1C1CC1. The highest BCUT2D eigenvalue weighted by atomic mass is 32.2. The molecule has 140 valence electrons. The molecular formula is C18H24N4O3S. The fourth-order valence-electron chi connectivity index (χ4n) is 2.83. The lowest BCUT2D eigenvalue weighted by Gasteiger charge is -2.22. The quantitative estimate of drug-likeness (QED) is 0.836. The number of nitrogens with one attached hydrogen (secondary N) is 1. The molecule has 0 unspecified atom stereocenters. The van der Waals surface area contributed by atoms with Gasteiger partial charge in [0, 0.05) is 17.3 Å². The summed E-state index contributed by atoms with van der Waals surface area (Å²) in [7, 11) is -3.57. The first-order chi connectivity index (χ1) is 12.0. The first-order valence-corrected chi connectivity index (χ1v) is 10.3. The van der Waals surface area contributed by atoms with E-state index in [9.17, 15) is 13.2 Å². The normalized spacial score (nSPS) is 15.1. The molecule has 3 N–H and O–H groups in total. The second-order valence-electron chi connectivity index (χ2n) is 7.77. The Morgan fingerprint density at radius 1 is 1.27 bits per heavy atom. The summed E-state index contributed by atoms with van der Waals surface area (Å²) in [6, 6.07) is 8.43. The minimum atomic E-state index is -3.57. The predicted molar refractivity (Wildman–Crippen MR) is 100 cm³/mol. The van der Waals surface area contributed by atoms with Crippen LogP contribution in [0.5, 0.6) is 0 Å². The minimum Gasteiger partial charge on any atom is -0.321 e. The van der Waals surface area contributed by atoms with Gasteiger partial charge in [-0.05, 0) is 57.4 Å². The first kappa shape index (κ1) is 18.6. The molecule has 1 amide bonds. The number of primary sulfonamides is 1. The number of benzene rings is 1. The van der Waals surface area contributed by atoms with Crippen LogP contribution in [0.2, 0.25) is 0 Å². The van der Waals surface area contributed by atoms with Crippen LogP contribution in [-0.4, -0.2) is 24.1 Å². The van der Waals surface area contributed by atoms with E-state index in [-0.39, 0.29) is 17.2 Å². The fraction of sp³-hybridized carbons (Fsp3) is 0.444. The highest BCUT2D eigenvalue weighted by molar-refractivity contribution is 7.88. The largest absolute Gasteiger partial charge is 0.321 e. The van der Waals surface area contributed by atoms with Crippen LogP contribution in [0.25, 0.3) is 0 Å². The Labute approximate surface area is 153 Å². The van der Waals surface area contributed by atoms with E-state index in [1.807, 2.05) is 10.7 Å². The number of hydrogen-bond donors (Lipinski definition) is 2. The Morgan fingerprint density at radius 3 is 2.38 bits per heavy atom. The van der Waals surface area contributed by atoms with E-state index in [2.05, 4.69) is 31.2 Å². The van der Waals surface area contributed by atoms with Gasteiger partial charge in [-0.15, -0.1) is 0 Å². The van der Waals surface area contributed by atoms with Crippen LogP contribution >= 0.6 is 0 Å². The molecular weight excluding hydrogens is 352 g/mol. The van der Waals surface area contributed by atoms with E-state index in [1.54, 1.807) is 24.3 Å². The number of nitrogens with zero attached hydrogens (tertiary/aromatic N) is 2. The van der Waals surface area contributed by atoms with Gasteiger partial charge in [0.15, 0.2) is 5.69 Å². The average Bonchev–Trinajstić information content (AvgIpc) is 3.24. The first-order valence-electron chi connectivity index (χ1n) is 8.54. The van der Waals surface area contributed by atoms with Gasteiger partial charge in [0.05, 0.1) is 11.3 Å². The van der Waals surface area contributed by atoms with Gasteiger partial charge in [0.25, 0.3) is 5.91 Å². The highest BCUT2D eigenvalue weighted by Gasteiger charge is 2.32. The molecule has 1 aromatic heterocycles. The maximum absolute atomic E-state index is 12.6. The molecule has 0 spiro atoms. The van der Waals surface area contributed by atoms with Gasteiger partial charge in [-0.2, -0.15) is 5.10 Å². The maximum Gasteiger partial charge on any atom is 0.276 e. The molecule has 0 saturated heterocycles. The van der Waals surface area contributed by atoms with Crippen molar-refractivity contribution in [2.75, 3.05) is 5.32 Å². The van der Waals surface area contributed by atoms with Crippen LogP contribution in [0.1, 0.15) is 61.3 Å². The van der Waals surface area contributed by atoms with Gasteiger partial charge in [-0.25, -0.2) is 13.6 Å². The number of amides is 1. The van der Waals surface area contributed by atoms with Gasteiger partial charge in [-0.3, -0.25) is 9.48 Å². The molecule has 0 bridgehead atoms. The Bertz CT molecular complexity index is 920. The molecule has 1 aromatic carbocycles. The van der Waals surface area contributed by atoms with Crippen LogP contribution in [0.3, 0.4) is 0 Å².